The molecule has 5 heteroatoms. The normalized spacial score (nSPS) is 12.2. The Balaban J connectivity index is 2.29. The van der Waals surface area contributed by atoms with Gasteiger partial charge in [0.15, 0.2) is 0 Å². The van der Waals surface area contributed by atoms with Crippen LogP contribution in [0.4, 0.5) is 8.78 Å². The summed E-state index contributed by atoms with van der Waals surface area (Å²) in [5.41, 5.74) is 1.48. The van der Waals surface area contributed by atoms with Gasteiger partial charge < -0.3 is 10.6 Å². The van der Waals surface area contributed by atoms with Crippen molar-refractivity contribution in [2.45, 2.75) is 13.0 Å². The van der Waals surface area contributed by atoms with E-state index in [1.165, 1.54) is 24.3 Å². The second kappa shape index (κ2) is 7.83. The van der Waals surface area contributed by atoms with E-state index in [0.29, 0.717) is 6.54 Å². The summed E-state index contributed by atoms with van der Waals surface area (Å²) in [6.45, 7) is 2.36. The largest absolute Gasteiger partial charge is 0.345 e. The zero-order chi connectivity index (χ0) is 16.8. The highest BCUT2D eigenvalue weighted by Gasteiger charge is 2.20. The van der Waals surface area contributed by atoms with Crippen LogP contribution in [0.1, 0.15) is 24.1 Å². The first-order valence-electron chi connectivity index (χ1n) is 7.47. The van der Waals surface area contributed by atoms with Gasteiger partial charge in [-0.25, -0.2) is 8.78 Å². The van der Waals surface area contributed by atoms with Gasteiger partial charge >= 0.3 is 0 Å². The molecule has 2 aromatic rings. The van der Waals surface area contributed by atoms with Crippen LogP contribution in [0, 0.1) is 17.6 Å². The third-order valence-electron chi connectivity index (χ3n) is 3.65. The van der Waals surface area contributed by atoms with Gasteiger partial charge in [0.05, 0.1) is 6.04 Å². The summed E-state index contributed by atoms with van der Waals surface area (Å²) in [4.78, 5) is 12.3. The van der Waals surface area contributed by atoms with E-state index >= 15 is 0 Å². The molecule has 2 N–H and O–H groups in total. The van der Waals surface area contributed by atoms with Gasteiger partial charge in [-0.2, -0.15) is 0 Å². The molecular formula is C18H20F2N2O. The summed E-state index contributed by atoms with van der Waals surface area (Å²) in [6.07, 6.45) is 0. The van der Waals surface area contributed by atoms with Crippen LogP contribution in [-0.2, 0) is 4.79 Å². The van der Waals surface area contributed by atoms with Crippen LogP contribution < -0.4 is 10.6 Å². The van der Waals surface area contributed by atoms with E-state index in [4.69, 9.17) is 0 Å². The Morgan fingerprint density at radius 2 is 1.39 bits per heavy atom. The van der Waals surface area contributed by atoms with Crippen molar-refractivity contribution in [3.8, 4) is 0 Å². The van der Waals surface area contributed by atoms with Crippen molar-refractivity contribution in [2.75, 3.05) is 13.6 Å². The second-order valence-electron chi connectivity index (χ2n) is 5.50. The van der Waals surface area contributed by atoms with Crippen molar-refractivity contribution in [2.24, 2.45) is 5.92 Å². The van der Waals surface area contributed by atoms with Crippen molar-refractivity contribution in [3.05, 3.63) is 71.3 Å². The summed E-state index contributed by atoms with van der Waals surface area (Å²) >= 11 is 0. The number of hydrogen-bond donors (Lipinski definition) is 2. The van der Waals surface area contributed by atoms with Crippen molar-refractivity contribution >= 4 is 5.91 Å². The summed E-state index contributed by atoms with van der Waals surface area (Å²) in [5.74, 6) is -1.04. The van der Waals surface area contributed by atoms with Crippen molar-refractivity contribution in [1.82, 2.24) is 10.6 Å². The molecule has 2 rings (SSSR count). The predicted octanol–water partition coefficient (Wildman–Crippen LogP) is 3.03. The quantitative estimate of drug-likeness (QED) is 0.859. The zero-order valence-electron chi connectivity index (χ0n) is 13.1. The Hall–Kier alpha value is -2.27. The number of benzene rings is 2. The minimum atomic E-state index is -0.456. The highest BCUT2D eigenvalue weighted by atomic mass is 19.1. The molecule has 1 unspecified atom stereocenters. The molecule has 0 aliphatic carbocycles. The molecule has 1 amide bonds. The van der Waals surface area contributed by atoms with E-state index in [-0.39, 0.29) is 23.5 Å². The lowest BCUT2D eigenvalue weighted by Crippen LogP contribution is -2.37. The van der Waals surface area contributed by atoms with Crippen LogP contribution in [0.15, 0.2) is 48.5 Å². The second-order valence-corrected chi connectivity index (χ2v) is 5.50. The maximum Gasteiger partial charge on any atom is 0.224 e. The molecule has 23 heavy (non-hydrogen) atoms. The van der Waals surface area contributed by atoms with E-state index < -0.39 is 6.04 Å². The number of hydrogen-bond acceptors (Lipinski definition) is 2. The Morgan fingerprint density at radius 3 is 1.78 bits per heavy atom. The lowest BCUT2D eigenvalue weighted by molar-refractivity contribution is -0.124. The monoisotopic (exact) mass is 318 g/mol. The molecule has 0 spiro atoms. The fraction of sp³-hybridized carbons (Fsp3) is 0.278. The lowest BCUT2D eigenvalue weighted by atomic mass is 9.97. The van der Waals surface area contributed by atoms with Gasteiger partial charge in [-0.05, 0) is 42.4 Å². The number of halogens is 2. The topological polar surface area (TPSA) is 41.1 Å². The first kappa shape index (κ1) is 17.1. The Kier molecular flexibility index (Phi) is 5.82. The van der Waals surface area contributed by atoms with Gasteiger partial charge in [0, 0.05) is 12.5 Å². The van der Waals surface area contributed by atoms with Crippen molar-refractivity contribution < 1.29 is 13.6 Å². The van der Waals surface area contributed by atoms with Gasteiger partial charge in [-0.15, -0.1) is 0 Å². The maximum atomic E-state index is 13.2. The van der Waals surface area contributed by atoms with Crippen molar-refractivity contribution in [3.63, 3.8) is 0 Å². The summed E-state index contributed by atoms with van der Waals surface area (Å²) < 4.78 is 26.3. The Bertz CT molecular complexity index is 596. The number of amides is 1. The first-order valence-corrected chi connectivity index (χ1v) is 7.47. The fourth-order valence-electron chi connectivity index (χ4n) is 2.35. The van der Waals surface area contributed by atoms with E-state index in [1.54, 1.807) is 31.3 Å². The zero-order valence-corrected chi connectivity index (χ0v) is 13.1. The smallest absolute Gasteiger partial charge is 0.224 e. The fourth-order valence-corrected chi connectivity index (χ4v) is 2.35. The molecule has 0 aromatic heterocycles. The molecule has 0 radical (unpaired) electrons. The molecule has 0 fully saturated rings. The number of nitrogens with one attached hydrogen (secondary N) is 2. The molecule has 1 atom stereocenters. The van der Waals surface area contributed by atoms with Gasteiger partial charge in [0.25, 0.3) is 0 Å². The van der Waals surface area contributed by atoms with Crippen LogP contribution in [0.5, 0.6) is 0 Å². The highest BCUT2D eigenvalue weighted by Crippen LogP contribution is 2.23. The molecule has 0 bridgehead atoms. The highest BCUT2D eigenvalue weighted by molar-refractivity contribution is 5.79. The maximum absolute atomic E-state index is 13.2. The minimum Gasteiger partial charge on any atom is -0.345 e. The third-order valence-corrected chi connectivity index (χ3v) is 3.65. The van der Waals surface area contributed by atoms with Gasteiger partial charge in [-0.3, -0.25) is 4.79 Å². The molecule has 0 aliphatic rings. The lowest BCUT2D eigenvalue weighted by Gasteiger charge is -2.22. The SMILES string of the molecule is CNCC(C)C(=O)NC(c1ccc(F)cc1)c1ccc(F)cc1. The summed E-state index contributed by atoms with van der Waals surface area (Å²) in [6, 6.07) is 11.4. The summed E-state index contributed by atoms with van der Waals surface area (Å²) in [5, 5.41) is 5.91. The van der Waals surface area contributed by atoms with Gasteiger partial charge in [0.1, 0.15) is 11.6 Å². The van der Waals surface area contributed by atoms with Crippen LogP contribution in [0.25, 0.3) is 0 Å². The molecule has 0 saturated heterocycles. The van der Waals surface area contributed by atoms with Crippen LogP contribution in [-0.4, -0.2) is 19.5 Å². The molecule has 2 aromatic carbocycles. The molecule has 3 nitrogen and oxygen atoms in total. The summed E-state index contributed by atoms with van der Waals surface area (Å²) in [7, 11) is 1.78. The predicted molar refractivity (Wildman–Crippen MR) is 85.9 cm³/mol. The van der Waals surface area contributed by atoms with E-state index in [2.05, 4.69) is 10.6 Å². The van der Waals surface area contributed by atoms with Crippen LogP contribution in [0.3, 0.4) is 0 Å². The van der Waals surface area contributed by atoms with Crippen molar-refractivity contribution in [1.29, 1.82) is 0 Å². The van der Waals surface area contributed by atoms with Gasteiger partial charge in [-0.1, -0.05) is 31.2 Å². The first-order chi connectivity index (χ1) is 11.0. The molecule has 0 aliphatic heterocycles. The number of carbonyl (C=O) groups is 1. The Labute approximate surface area is 134 Å². The van der Waals surface area contributed by atoms with Crippen LogP contribution >= 0.6 is 0 Å². The average molecular weight is 318 g/mol. The average Bonchev–Trinajstić information content (AvgIpc) is 2.54. The number of rotatable bonds is 6. The molecule has 0 saturated carbocycles. The number of carbonyl (C=O) groups excluding carboxylic acids is 1. The molecule has 0 heterocycles. The Morgan fingerprint density at radius 1 is 0.957 bits per heavy atom. The van der Waals surface area contributed by atoms with E-state index in [1.807, 2.05) is 6.92 Å². The van der Waals surface area contributed by atoms with Crippen LogP contribution in [0.2, 0.25) is 0 Å². The van der Waals surface area contributed by atoms with Gasteiger partial charge in [0.2, 0.25) is 5.91 Å². The van der Waals surface area contributed by atoms with E-state index in [0.717, 1.165) is 11.1 Å². The third kappa shape index (κ3) is 4.60. The van der Waals surface area contributed by atoms with E-state index in [9.17, 15) is 13.6 Å². The molecular weight excluding hydrogens is 298 g/mol. The standard InChI is InChI=1S/C18H20F2N2O/c1-12(11-21-2)18(23)22-17(13-3-7-15(19)8-4-13)14-5-9-16(20)10-6-14/h3-10,12,17,21H,11H2,1-2H3,(H,22,23). The molecule has 122 valence electrons. The minimum absolute atomic E-state index is 0.127.